The first-order valence-electron chi connectivity index (χ1n) is 7.18. The Morgan fingerprint density at radius 2 is 1.79 bits per heavy atom. The summed E-state index contributed by atoms with van der Waals surface area (Å²) in [5.41, 5.74) is 0. The van der Waals surface area contributed by atoms with Gasteiger partial charge in [-0.2, -0.15) is 0 Å². The molecule has 5 nitrogen and oxygen atoms in total. The molecule has 0 spiro atoms. The molecular formula is C14H23NO4. The van der Waals surface area contributed by atoms with Gasteiger partial charge < -0.3 is 15.5 Å². The molecule has 2 aliphatic carbocycles. The molecule has 0 aromatic rings. The lowest BCUT2D eigenvalue weighted by molar-refractivity contribution is -0.146. The zero-order valence-corrected chi connectivity index (χ0v) is 11.3. The Hall–Kier alpha value is -1.10. The minimum atomic E-state index is -0.867. The third-order valence-electron chi connectivity index (χ3n) is 4.45. The fraction of sp³-hybridized carbons (Fsp3) is 0.857. The van der Waals surface area contributed by atoms with Crippen molar-refractivity contribution in [2.75, 3.05) is 0 Å². The summed E-state index contributed by atoms with van der Waals surface area (Å²) in [6.07, 6.45) is 4.07. The van der Waals surface area contributed by atoms with Crippen LogP contribution >= 0.6 is 0 Å². The van der Waals surface area contributed by atoms with Crippen LogP contribution in [0.15, 0.2) is 0 Å². The molecule has 3 N–H and O–H groups in total. The van der Waals surface area contributed by atoms with Gasteiger partial charge in [-0.1, -0.05) is 6.92 Å². The Kier molecular flexibility index (Phi) is 4.45. The van der Waals surface area contributed by atoms with Crippen LogP contribution in [-0.4, -0.2) is 34.2 Å². The summed E-state index contributed by atoms with van der Waals surface area (Å²) in [5, 5.41) is 21.7. The fourth-order valence-corrected chi connectivity index (χ4v) is 3.46. The number of aliphatic hydroxyl groups is 1. The first kappa shape index (κ1) is 14.3. The van der Waals surface area contributed by atoms with Gasteiger partial charge in [0, 0.05) is 6.04 Å². The van der Waals surface area contributed by atoms with Crippen molar-refractivity contribution in [1.29, 1.82) is 0 Å². The topological polar surface area (TPSA) is 86.6 Å². The number of aliphatic carboxylic acids is 1. The maximum Gasteiger partial charge on any atom is 0.307 e. The van der Waals surface area contributed by atoms with E-state index in [-0.39, 0.29) is 24.0 Å². The first-order valence-corrected chi connectivity index (χ1v) is 7.18. The lowest BCUT2D eigenvalue weighted by Gasteiger charge is -2.28. The molecule has 5 atom stereocenters. The van der Waals surface area contributed by atoms with Crippen molar-refractivity contribution >= 4 is 11.9 Å². The molecule has 0 aromatic carbocycles. The molecule has 19 heavy (non-hydrogen) atoms. The van der Waals surface area contributed by atoms with Crippen molar-refractivity contribution in [3.05, 3.63) is 0 Å². The van der Waals surface area contributed by atoms with E-state index >= 15 is 0 Å². The smallest absolute Gasteiger partial charge is 0.307 e. The highest BCUT2D eigenvalue weighted by Crippen LogP contribution is 2.36. The molecule has 0 heterocycles. The molecule has 0 radical (unpaired) electrons. The van der Waals surface area contributed by atoms with Crippen LogP contribution in [0, 0.1) is 17.8 Å². The van der Waals surface area contributed by atoms with Crippen molar-refractivity contribution in [1.82, 2.24) is 5.32 Å². The second-order valence-corrected chi connectivity index (χ2v) is 6.15. The van der Waals surface area contributed by atoms with Crippen LogP contribution < -0.4 is 5.32 Å². The Balaban J connectivity index is 1.93. The predicted octanol–water partition coefficient (Wildman–Crippen LogP) is 1.15. The van der Waals surface area contributed by atoms with E-state index in [1.165, 1.54) is 0 Å². The summed E-state index contributed by atoms with van der Waals surface area (Å²) in [6.45, 7) is 1.99. The van der Waals surface area contributed by atoms with E-state index in [9.17, 15) is 19.8 Å². The third kappa shape index (κ3) is 3.47. The predicted molar refractivity (Wildman–Crippen MR) is 69.4 cm³/mol. The highest BCUT2D eigenvalue weighted by molar-refractivity contribution is 5.85. The van der Waals surface area contributed by atoms with Crippen LogP contribution in [0.4, 0.5) is 0 Å². The van der Waals surface area contributed by atoms with Gasteiger partial charge in [0.1, 0.15) is 0 Å². The van der Waals surface area contributed by atoms with Gasteiger partial charge in [0.15, 0.2) is 0 Å². The summed E-state index contributed by atoms with van der Waals surface area (Å²) in [5.74, 6) is -1.69. The third-order valence-corrected chi connectivity index (χ3v) is 4.45. The normalized spacial score (nSPS) is 38.9. The van der Waals surface area contributed by atoms with E-state index in [1.807, 2.05) is 6.92 Å². The lowest BCUT2D eigenvalue weighted by atomic mass is 9.91. The highest BCUT2D eigenvalue weighted by Gasteiger charge is 2.41. The molecule has 0 aromatic heterocycles. The maximum absolute atomic E-state index is 12.2. The Labute approximate surface area is 113 Å². The molecule has 2 rings (SSSR count). The number of amides is 1. The number of rotatable bonds is 3. The molecular weight excluding hydrogens is 246 g/mol. The minimum Gasteiger partial charge on any atom is -0.481 e. The number of carboxylic acids is 1. The average Bonchev–Trinajstić information content (AvgIpc) is 2.71. The largest absolute Gasteiger partial charge is 0.481 e. The summed E-state index contributed by atoms with van der Waals surface area (Å²) in [6, 6.07) is 0.00148. The van der Waals surface area contributed by atoms with E-state index in [4.69, 9.17) is 0 Å². The molecule has 0 bridgehead atoms. The van der Waals surface area contributed by atoms with Crippen LogP contribution in [0.1, 0.15) is 45.4 Å². The second-order valence-electron chi connectivity index (χ2n) is 6.15. The number of hydrogen-bond donors (Lipinski definition) is 3. The maximum atomic E-state index is 12.2. The van der Waals surface area contributed by atoms with Gasteiger partial charge in [-0.25, -0.2) is 0 Å². The number of carboxylic acid groups (broad SMARTS) is 1. The van der Waals surface area contributed by atoms with Crippen molar-refractivity contribution in [3.8, 4) is 0 Å². The highest BCUT2D eigenvalue weighted by atomic mass is 16.4. The van der Waals surface area contributed by atoms with E-state index in [0.29, 0.717) is 19.3 Å². The van der Waals surface area contributed by atoms with E-state index in [2.05, 4.69) is 5.32 Å². The zero-order valence-electron chi connectivity index (χ0n) is 11.3. The number of nitrogens with one attached hydrogen (secondary N) is 1. The molecule has 2 saturated carbocycles. The molecule has 108 valence electrons. The molecule has 5 unspecified atom stereocenters. The molecule has 5 heteroatoms. The van der Waals surface area contributed by atoms with E-state index < -0.39 is 17.8 Å². The number of aliphatic hydroxyl groups excluding tert-OH is 1. The van der Waals surface area contributed by atoms with Gasteiger partial charge in [0.25, 0.3) is 0 Å². The van der Waals surface area contributed by atoms with Gasteiger partial charge in [0.2, 0.25) is 5.91 Å². The lowest BCUT2D eigenvalue weighted by Crippen LogP contribution is -2.44. The molecule has 0 aliphatic heterocycles. The van der Waals surface area contributed by atoms with Crippen molar-refractivity contribution < 1.29 is 19.8 Å². The Morgan fingerprint density at radius 1 is 1.11 bits per heavy atom. The monoisotopic (exact) mass is 269 g/mol. The van der Waals surface area contributed by atoms with Gasteiger partial charge in [-0.05, 0) is 44.4 Å². The number of carbonyl (C=O) groups excluding carboxylic acids is 1. The number of hydrogen-bond acceptors (Lipinski definition) is 3. The fourth-order valence-electron chi connectivity index (χ4n) is 3.46. The SMILES string of the molecule is CC1CC(C(=O)O)C(C(=O)NC2CCCC(O)C2)C1. The molecule has 2 aliphatic rings. The van der Waals surface area contributed by atoms with Gasteiger partial charge in [-0.15, -0.1) is 0 Å². The second kappa shape index (κ2) is 5.90. The molecule has 2 fully saturated rings. The van der Waals surface area contributed by atoms with Gasteiger partial charge >= 0.3 is 5.97 Å². The Bertz CT molecular complexity index is 357. The van der Waals surface area contributed by atoms with Crippen LogP contribution in [0.5, 0.6) is 0 Å². The summed E-state index contributed by atoms with van der Waals surface area (Å²) >= 11 is 0. The van der Waals surface area contributed by atoms with Gasteiger partial charge in [-0.3, -0.25) is 9.59 Å². The first-order chi connectivity index (χ1) is 8.97. The van der Waals surface area contributed by atoms with Crippen molar-refractivity contribution in [2.45, 2.75) is 57.6 Å². The Morgan fingerprint density at radius 3 is 2.42 bits per heavy atom. The van der Waals surface area contributed by atoms with E-state index in [1.54, 1.807) is 0 Å². The van der Waals surface area contributed by atoms with Crippen molar-refractivity contribution in [3.63, 3.8) is 0 Å². The van der Waals surface area contributed by atoms with Crippen molar-refractivity contribution in [2.24, 2.45) is 17.8 Å². The average molecular weight is 269 g/mol. The van der Waals surface area contributed by atoms with E-state index in [0.717, 1.165) is 19.3 Å². The number of carbonyl (C=O) groups is 2. The quantitative estimate of drug-likeness (QED) is 0.717. The van der Waals surface area contributed by atoms with Crippen LogP contribution in [0.3, 0.4) is 0 Å². The standard InChI is InChI=1S/C14H23NO4/c1-8-5-11(12(6-8)14(18)19)13(17)15-9-3-2-4-10(16)7-9/h8-12,16H,2-7H2,1H3,(H,15,17)(H,18,19). The summed E-state index contributed by atoms with van der Waals surface area (Å²) < 4.78 is 0. The zero-order chi connectivity index (χ0) is 14.0. The van der Waals surface area contributed by atoms with Crippen LogP contribution in [-0.2, 0) is 9.59 Å². The molecule has 1 amide bonds. The molecule has 0 saturated heterocycles. The summed E-state index contributed by atoms with van der Waals surface area (Å²) in [7, 11) is 0. The minimum absolute atomic E-state index is 0.00148. The van der Waals surface area contributed by atoms with Crippen LogP contribution in [0.2, 0.25) is 0 Å². The van der Waals surface area contributed by atoms with Crippen LogP contribution in [0.25, 0.3) is 0 Å². The van der Waals surface area contributed by atoms with Gasteiger partial charge in [0.05, 0.1) is 17.9 Å². The summed E-state index contributed by atoms with van der Waals surface area (Å²) in [4.78, 5) is 23.4.